The molecule has 27 heavy (non-hydrogen) atoms. The van der Waals surface area contributed by atoms with Gasteiger partial charge in [-0.15, -0.1) is 0 Å². The lowest BCUT2D eigenvalue weighted by molar-refractivity contribution is 0.569. The predicted octanol–water partition coefficient (Wildman–Crippen LogP) is 8.33. The molecule has 1 nitrogen and oxygen atoms in total. The number of hydrogen-bond acceptors (Lipinski definition) is 2. The van der Waals surface area contributed by atoms with Crippen LogP contribution in [0.3, 0.4) is 0 Å². The van der Waals surface area contributed by atoms with Crippen LogP contribution in [0.25, 0.3) is 34.8 Å². The predicted molar refractivity (Wildman–Crippen MR) is 122 cm³/mol. The molecule has 2 aromatic rings. The number of benzene rings is 2. The van der Waals surface area contributed by atoms with Gasteiger partial charge in [0.2, 0.25) is 0 Å². The average Bonchev–Trinajstić information content (AvgIpc) is 3.26. The lowest BCUT2D eigenvalue weighted by atomic mass is 9.99. The second kappa shape index (κ2) is 9.01. The lowest BCUT2D eigenvalue weighted by Gasteiger charge is -2.09. The average molecular weight is 379 g/mol. The Labute approximate surface area is 168 Å². The van der Waals surface area contributed by atoms with E-state index in [1.54, 1.807) is 12.0 Å². The van der Waals surface area contributed by atoms with Crippen LogP contribution in [0.5, 0.6) is 0 Å². The molecule has 4 rings (SSSR count). The van der Waals surface area contributed by atoms with Crippen molar-refractivity contribution >= 4 is 46.8 Å². The standard InChI is InChI=1S/C25H30OS/c1-2-3-4-5-6-7-8-9-10-17-27-26-23-18-21-14-13-19-11-12-20-15-16-22(23)25(21)24(19)20/h11-16,18H,2-10,17H2,1H3. The van der Waals surface area contributed by atoms with Crippen molar-refractivity contribution < 1.29 is 4.18 Å². The maximum Gasteiger partial charge on any atom is 0.145 e. The van der Waals surface area contributed by atoms with E-state index < -0.39 is 0 Å². The van der Waals surface area contributed by atoms with Crippen molar-refractivity contribution in [2.45, 2.75) is 64.7 Å². The molecular formula is C25H30OS. The highest BCUT2D eigenvalue weighted by Crippen LogP contribution is 2.43. The van der Waals surface area contributed by atoms with Crippen LogP contribution in [0, 0.1) is 0 Å². The van der Waals surface area contributed by atoms with Gasteiger partial charge in [0.15, 0.2) is 0 Å². The van der Waals surface area contributed by atoms with E-state index in [9.17, 15) is 0 Å². The first-order valence-electron chi connectivity index (χ1n) is 10.7. The highest BCUT2D eigenvalue weighted by atomic mass is 32.2. The van der Waals surface area contributed by atoms with Crippen LogP contribution < -0.4 is 0 Å². The monoisotopic (exact) mass is 378 g/mol. The smallest absolute Gasteiger partial charge is 0.145 e. The number of rotatable bonds is 12. The Morgan fingerprint density at radius 2 is 1.33 bits per heavy atom. The minimum Gasteiger partial charge on any atom is -0.425 e. The lowest BCUT2D eigenvalue weighted by Crippen LogP contribution is -1.88. The third-order valence-corrected chi connectivity index (χ3v) is 6.48. The van der Waals surface area contributed by atoms with Gasteiger partial charge in [0.05, 0.1) is 12.0 Å². The van der Waals surface area contributed by atoms with E-state index in [1.807, 2.05) is 0 Å². The highest BCUT2D eigenvalue weighted by Gasteiger charge is 2.22. The molecule has 2 aliphatic carbocycles. The first kappa shape index (κ1) is 18.7. The minimum atomic E-state index is 1.03. The zero-order valence-corrected chi connectivity index (χ0v) is 17.2. The molecule has 0 amide bonds. The Kier molecular flexibility index (Phi) is 6.24. The molecule has 0 atom stereocenters. The fraction of sp³-hybridized carbons (Fsp3) is 0.440. The fourth-order valence-electron chi connectivity index (χ4n) is 4.22. The van der Waals surface area contributed by atoms with Gasteiger partial charge < -0.3 is 4.18 Å². The molecule has 0 saturated carbocycles. The molecular weight excluding hydrogens is 348 g/mol. The van der Waals surface area contributed by atoms with E-state index in [1.165, 1.54) is 90.8 Å². The molecule has 2 heteroatoms. The van der Waals surface area contributed by atoms with Crippen LogP contribution in [0.4, 0.5) is 0 Å². The van der Waals surface area contributed by atoms with Crippen LogP contribution in [0.15, 0.2) is 24.3 Å². The van der Waals surface area contributed by atoms with E-state index in [0.717, 1.165) is 11.5 Å². The van der Waals surface area contributed by atoms with Crippen molar-refractivity contribution in [1.82, 2.24) is 0 Å². The van der Waals surface area contributed by atoms with Gasteiger partial charge in [-0.3, -0.25) is 0 Å². The summed E-state index contributed by atoms with van der Waals surface area (Å²) in [5, 5.41) is 2.76. The van der Waals surface area contributed by atoms with Gasteiger partial charge in [0, 0.05) is 16.7 Å². The van der Waals surface area contributed by atoms with E-state index in [0.29, 0.717) is 0 Å². The molecule has 0 saturated heterocycles. The highest BCUT2D eigenvalue weighted by molar-refractivity contribution is 7.94. The van der Waals surface area contributed by atoms with E-state index >= 15 is 0 Å². The third-order valence-electron chi connectivity index (χ3n) is 5.73. The van der Waals surface area contributed by atoms with Gasteiger partial charge in [-0.25, -0.2) is 0 Å². The van der Waals surface area contributed by atoms with Crippen molar-refractivity contribution in [3.63, 3.8) is 0 Å². The maximum absolute atomic E-state index is 6.11. The molecule has 0 fully saturated rings. The summed E-state index contributed by atoms with van der Waals surface area (Å²) in [5.74, 6) is 2.11. The number of unbranched alkanes of at least 4 members (excludes halogenated alkanes) is 8. The SMILES string of the molecule is CCCCCCCCCCCSOC1=Cc2ccc3c4c(ccc1c24)C=C3. The molecule has 2 aromatic carbocycles. The van der Waals surface area contributed by atoms with E-state index in [4.69, 9.17) is 4.18 Å². The summed E-state index contributed by atoms with van der Waals surface area (Å²) in [7, 11) is 0. The zero-order valence-electron chi connectivity index (χ0n) is 16.4. The molecule has 0 heterocycles. The second-order valence-corrected chi connectivity index (χ2v) is 8.58. The summed E-state index contributed by atoms with van der Waals surface area (Å²) in [6.07, 6.45) is 19.0. The van der Waals surface area contributed by atoms with Crippen LogP contribution in [-0.4, -0.2) is 5.75 Å². The first-order chi connectivity index (χ1) is 13.4. The topological polar surface area (TPSA) is 9.23 Å². The molecule has 0 aromatic heterocycles. The van der Waals surface area contributed by atoms with Gasteiger partial charge in [-0.1, -0.05) is 88.6 Å². The Balaban J connectivity index is 1.19. The van der Waals surface area contributed by atoms with Crippen molar-refractivity contribution in [1.29, 1.82) is 0 Å². The van der Waals surface area contributed by atoms with Crippen LogP contribution in [0.2, 0.25) is 0 Å². The van der Waals surface area contributed by atoms with Crippen molar-refractivity contribution in [3.05, 3.63) is 46.5 Å². The summed E-state index contributed by atoms with van der Waals surface area (Å²) in [6, 6.07) is 8.89. The molecule has 142 valence electrons. The summed E-state index contributed by atoms with van der Waals surface area (Å²) in [6.45, 7) is 2.28. The maximum atomic E-state index is 6.11. The second-order valence-electron chi connectivity index (χ2n) is 7.77. The van der Waals surface area contributed by atoms with E-state index in [-0.39, 0.29) is 0 Å². The normalized spacial score (nSPS) is 13.6. The summed E-state index contributed by atoms with van der Waals surface area (Å²) < 4.78 is 6.11. The summed E-state index contributed by atoms with van der Waals surface area (Å²) >= 11 is 1.62. The van der Waals surface area contributed by atoms with Crippen molar-refractivity contribution in [2.75, 3.05) is 5.75 Å². The third kappa shape index (κ3) is 4.11. The van der Waals surface area contributed by atoms with Gasteiger partial charge in [0.25, 0.3) is 0 Å². The molecule has 0 aliphatic heterocycles. The van der Waals surface area contributed by atoms with Crippen LogP contribution in [-0.2, 0) is 4.18 Å². The van der Waals surface area contributed by atoms with Gasteiger partial charge in [-0.05, 0) is 40.6 Å². The molecule has 0 spiro atoms. The molecule has 0 radical (unpaired) electrons. The molecule has 0 bridgehead atoms. The van der Waals surface area contributed by atoms with Crippen molar-refractivity contribution in [2.24, 2.45) is 0 Å². The Bertz CT molecular complexity index is 850. The largest absolute Gasteiger partial charge is 0.425 e. The Morgan fingerprint density at radius 1 is 0.704 bits per heavy atom. The quantitative estimate of drug-likeness (QED) is 0.231. The summed E-state index contributed by atoms with van der Waals surface area (Å²) in [5.41, 5.74) is 5.23. The van der Waals surface area contributed by atoms with Crippen LogP contribution in [0.1, 0.15) is 87.0 Å². The Hall–Kier alpha value is -1.67. The summed E-state index contributed by atoms with van der Waals surface area (Å²) in [4.78, 5) is 0. The first-order valence-corrected chi connectivity index (χ1v) is 11.6. The van der Waals surface area contributed by atoms with Crippen LogP contribution >= 0.6 is 12.0 Å². The molecule has 2 aliphatic rings. The fourth-order valence-corrected chi connectivity index (χ4v) is 4.89. The molecule has 0 unspecified atom stereocenters. The van der Waals surface area contributed by atoms with Crippen molar-refractivity contribution in [3.8, 4) is 0 Å². The van der Waals surface area contributed by atoms with Gasteiger partial charge >= 0.3 is 0 Å². The Morgan fingerprint density at radius 3 is 2.07 bits per heavy atom. The van der Waals surface area contributed by atoms with Gasteiger partial charge in [0.1, 0.15) is 5.76 Å². The minimum absolute atomic E-state index is 1.03. The number of hydrogen-bond donors (Lipinski definition) is 0. The van der Waals surface area contributed by atoms with Gasteiger partial charge in [-0.2, -0.15) is 0 Å². The zero-order chi connectivity index (χ0) is 18.5. The van der Waals surface area contributed by atoms with E-state index in [2.05, 4.69) is 49.4 Å². The molecule has 0 N–H and O–H groups in total.